The summed E-state index contributed by atoms with van der Waals surface area (Å²) in [6.07, 6.45) is 2.30. The normalized spacial score (nSPS) is 11.0. The molecule has 5 heteroatoms. The fourth-order valence-corrected chi connectivity index (χ4v) is 2.82. The molecule has 0 aliphatic rings. The van der Waals surface area contributed by atoms with Crippen LogP contribution in [-0.4, -0.2) is 27.7 Å². The highest BCUT2D eigenvalue weighted by molar-refractivity contribution is 5.95. The molecule has 0 bridgehead atoms. The number of nitrogens with zero attached hydrogens (tertiary/aromatic N) is 3. The molecule has 5 nitrogen and oxygen atoms in total. The molecule has 0 spiro atoms. The molecule has 2 heterocycles. The van der Waals surface area contributed by atoms with Crippen LogP contribution in [0.3, 0.4) is 0 Å². The maximum atomic E-state index is 11.8. The number of aryl methyl sites for hydroxylation is 3. The van der Waals surface area contributed by atoms with Gasteiger partial charge in [-0.3, -0.25) is 0 Å². The molecule has 0 unspecified atom stereocenters. The van der Waals surface area contributed by atoms with Crippen molar-refractivity contribution in [3.63, 3.8) is 0 Å². The van der Waals surface area contributed by atoms with Gasteiger partial charge in [0.2, 0.25) is 0 Å². The van der Waals surface area contributed by atoms with Crippen LogP contribution in [0.2, 0.25) is 0 Å². The molecule has 1 aromatic carbocycles. The summed E-state index contributed by atoms with van der Waals surface area (Å²) < 4.78 is 6.51. The molecule has 0 atom stereocenters. The zero-order chi connectivity index (χ0) is 16.6. The maximum absolute atomic E-state index is 11.8. The second-order valence-electron chi connectivity index (χ2n) is 5.65. The van der Waals surface area contributed by atoms with Crippen molar-refractivity contribution in [3.05, 3.63) is 64.1 Å². The molecular formula is C18H19N3O2. The molecule has 3 aromatic rings. The summed E-state index contributed by atoms with van der Waals surface area (Å²) in [7, 11) is 1.36. The minimum atomic E-state index is -0.419. The lowest BCUT2D eigenvalue weighted by Gasteiger charge is -2.13. The number of carbonyl (C=O) groups is 1. The topological polar surface area (TPSA) is 56.5 Å². The van der Waals surface area contributed by atoms with Gasteiger partial charge in [-0.1, -0.05) is 24.3 Å². The molecule has 0 radical (unpaired) electrons. The van der Waals surface area contributed by atoms with Crippen molar-refractivity contribution < 1.29 is 9.53 Å². The summed E-state index contributed by atoms with van der Waals surface area (Å²) in [5, 5.41) is 4.31. The highest BCUT2D eigenvalue weighted by Gasteiger charge is 2.18. The van der Waals surface area contributed by atoms with Crippen molar-refractivity contribution in [2.45, 2.75) is 27.2 Å². The van der Waals surface area contributed by atoms with Gasteiger partial charge in [-0.25, -0.2) is 14.3 Å². The smallest absolute Gasteiger partial charge is 0.343 e. The zero-order valence-electron chi connectivity index (χ0n) is 13.8. The van der Waals surface area contributed by atoms with E-state index in [0.29, 0.717) is 11.2 Å². The van der Waals surface area contributed by atoms with E-state index in [2.05, 4.69) is 29.1 Å². The van der Waals surface area contributed by atoms with Crippen molar-refractivity contribution in [2.75, 3.05) is 7.11 Å². The van der Waals surface area contributed by atoms with Crippen LogP contribution in [-0.2, 0) is 11.2 Å². The highest BCUT2D eigenvalue weighted by Crippen LogP contribution is 2.21. The fraction of sp³-hybridized carbons (Fsp3) is 0.278. The lowest BCUT2D eigenvalue weighted by molar-refractivity contribution is 0.0602. The van der Waals surface area contributed by atoms with E-state index in [1.165, 1.54) is 24.4 Å². The minimum absolute atomic E-state index is 0.390. The minimum Gasteiger partial charge on any atom is -0.465 e. The largest absolute Gasteiger partial charge is 0.465 e. The number of hydrogen-bond acceptors (Lipinski definition) is 4. The van der Waals surface area contributed by atoms with Crippen LogP contribution in [0.5, 0.6) is 0 Å². The Labute approximate surface area is 134 Å². The van der Waals surface area contributed by atoms with Gasteiger partial charge in [0.1, 0.15) is 5.56 Å². The van der Waals surface area contributed by atoms with E-state index in [1.807, 2.05) is 26.0 Å². The second kappa shape index (κ2) is 5.83. The maximum Gasteiger partial charge on any atom is 0.343 e. The Kier molecular flexibility index (Phi) is 3.86. The Morgan fingerprint density at radius 2 is 1.96 bits per heavy atom. The van der Waals surface area contributed by atoms with Crippen LogP contribution in [0.15, 0.2) is 30.5 Å². The molecule has 0 saturated heterocycles. The number of benzene rings is 1. The first-order chi connectivity index (χ1) is 11.0. The number of carbonyl (C=O) groups excluding carboxylic acids is 1. The molecule has 0 aliphatic heterocycles. The summed E-state index contributed by atoms with van der Waals surface area (Å²) in [6, 6.07) is 8.31. The fourth-order valence-electron chi connectivity index (χ4n) is 2.82. The van der Waals surface area contributed by atoms with Crippen molar-refractivity contribution in [3.8, 4) is 0 Å². The quantitative estimate of drug-likeness (QED) is 0.698. The summed E-state index contributed by atoms with van der Waals surface area (Å²) in [5.41, 5.74) is 6.48. The molecule has 23 heavy (non-hydrogen) atoms. The third kappa shape index (κ3) is 2.59. The zero-order valence-corrected chi connectivity index (χ0v) is 13.8. The van der Waals surface area contributed by atoms with Crippen LogP contribution >= 0.6 is 0 Å². The first-order valence-electron chi connectivity index (χ1n) is 7.49. The molecule has 0 N–H and O–H groups in total. The van der Waals surface area contributed by atoms with E-state index in [1.54, 1.807) is 4.52 Å². The number of aromatic nitrogens is 3. The van der Waals surface area contributed by atoms with E-state index < -0.39 is 5.97 Å². The van der Waals surface area contributed by atoms with Crippen LogP contribution in [0.1, 0.15) is 38.4 Å². The van der Waals surface area contributed by atoms with E-state index in [9.17, 15) is 4.79 Å². The standard InChI is InChI=1S/C18H19N3O2/c1-11-7-5-6-8-14(11)9-15-12(2)20-17-16(18(22)23-4)10-19-21(17)13(15)3/h5-8,10H,9H2,1-4H3. The first kappa shape index (κ1) is 15.2. The molecular weight excluding hydrogens is 290 g/mol. The number of rotatable bonds is 3. The number of methoxy groups -OCH3 is 1. The number of hydrogen-bond donors (Lipinski definition) is 0. The highest BCUT2D eigenvalue weighted by atomic mass is 16.5. The van der Waals surface area contributed by atoms with E-state index in [4.69, 9.17) is 4.74 Å². The van der Waals surface area contributed by atoms with Gasteiger partial charge in [-0.2, -0.15) is 5.10 Å². The molecule has 0 amide bonds. The van der Waals surface area contributed by atoms with Crippen LogP contribution in [0.25, 0.3) is 5.65 Å². The van der Waals surface area contributed by atoms with Gasteiger partial charge in [0.05, 0.1) is 13.3 Å². The Balaban J connectivity index is 2.13. The molecule has 2 aromatic heterocycles. The third-order valence-electron chi connectivity index (χ3n) is 4.24. The summed E-state index contributed by atoms with van der Waals surface area (Å²) in [5.74, 6) is -0.419. The molecule has 3 rings (SSSR count). The van der Waals surface area contributed by atoms with E-state index >= 15 is 0 Å². The molecule has 0 fully saturated rings. The monoisotopic (exact) mass is 309 g/mol. The Bertz CT molecular complexity index is 897. The van der Waals surface area contributed by atoms with Crippen molar-refractivity contribution in [2.24, 2.45) is 0 Å². The van der Waals surface area contributed by atoms with Crippen LogP contribution < -0.4 is 0 Å². The van der Waals surface area contributed by atoms with Crippen molar-refractivity contribution in [1.29, 1.82) is 0 Å². The van der Waals surface area contributed by atoms with Gasteiger partial charge in [0.15, 0.2) is 5.65 Å². The van der Waals surface area contributed by atoms with E-state index in [-0.39, 0.29) is 0 Å². The average Bonchev–Trinajstić information content (AvgIpc) is 2.96. The Morgan fingerprint density at radius 1 is 1.22 bits per heavy atom. The number of ether oxygens (including phenoxy) is 1. The SMILES string of the molecule is COC(=O)c1cnn2c(C)c(Cc3ccccc3C)c(C)nc12. The predicted octanol–water partition coefficient (Wildman–Crippen LogP) is 3.03. The van der Waals surface area contributed by atoms with Gasteiger partial charge in [0.25, 0.3) is 0 Å². The van der Waals surface area contributed by atoms with Crippen LogP contribution in [0.4, 0.5) is 0 Å². The third-order valence-corrected chi connectivity index (χ3v) is 4.24. The summed E-state index contributed by atoms with van der Waals surface area (Å²) in [4.78, 5) is 16.4. The summed E-state index contributed by atoms with van der Waals surface area (Å²) >= 11 is 0. The first-order valence-corrected chi connectivity index (χ1v) is 7.49. The van der Waals surface area contributed by atoms with Crippen molar-refractivity contribution in [1.82, 2.24) is 14.6 Å². The lowest BCUT2D eigenvalue weighted by Crippen LogP contribution is -2.08. The second-order valence-corrected chi connectivity index (χ2v) is 5.65. The van der Waals surface area contributed by atoms with E-state index in [0.717, 1.165) is 23.4 Å². The molecule has 118 valence electrons. The van der Waals surface area contributed by atoms with Crippen molar-refractivity contribution >= 4 is 11.6 Å². The number of fused-ring (bicyclic) bond motifs is 1. The van der Waals surface area contributed by atoms with Crippen LogP contribution in [0, 0.1) is 20.8 Å². The lowest BCUT2D eigenvalue weighted by atomic mass is 9.99. The molecule has 0 saturated carbocycles. The van der Waals surface area contributed by atoms with Gasteiger partial charge < -0.3 is 4.74 Å². The van der Waals surface area contributed by atoms with Gasteiger partial charge in [-0.15, -0.1) is 0 Å². The van der Waals surface area contributed by atoms with Gasteiger partial charge >= 0.3 is 5.97 Å². The average molecular weight is 309 g/mol. The summed E-state index contributed by atoms with van der Waals surface area (Å²) in [6.45, 7) is 6.08. The Hall–Kier alpha value is -2.69. The predicted molar refractivity (Wildman–Crippen MR) is 87.8 cm³/mol. The van der Waals surface area contributed by atoms with Gasteiger partial charge in [-0.05, 0) is 37.5 Å². The molecule has 0 aliphatic carbocycles. The Morgan fingerprint density at radius 3 is 2.65 bits per heavy atom. The van der Waals surface area contributed by atoms with Gasteiger partial charge in [0, 0.05) is 17.8 Å². The number of esters is 1.